The third-order valence-corrected chi connectivity index (χ3v) is 3.90. The predicted octanol–water partition coefficient (Wildman–Crippen LogP) is 3.67. The van der Waals surface area contributed by atoms with Gasteiger partial charge in [-0.15, -0.1) is 24.0 Å². The van der Waals surface area contributed by atoms with E-state index in [0.29, 0.717) is 18.5 Å². The summed E-state index contributed by atoms with van der Waals surface area (Å²) in [5, 5.41) is 3.27. The van der Waals surface area contributed by atoms with Crippen molar-refractivity contribution in [1.29, 1.82) is 0 Å². The van der Waals surface area contributed by atoms with Gasteiger partial charge in [0.1, 0.15) is 0 Å². The van der Waals surface area contributed by atoms with Crippen molar-refractivity contribution in [1.82, 2.24) is 15.1 Å². The number of likely N-dealkylation sites (N-methyl/N-ethyl adjacent to an activating group) is 1. The van der Waals surface area contributed by atoms with Gasteiger partial charge < -0.3 is 15.1 Å². The van der Waals surface area contributed by atoms with Gasteiger partial charge in [-0.3, -0.25) is 4.99 Å². The highest BCUT2D eigenvalue weighted by Gasteiger charge is 2.29. The molecule has 0 spiro atoms. The number of hydrogen-bond acceptors (Lipinski definition) is 2. The van der Waals surface area contributed by atoms with Gasteiger partial charge >= 0.3 is 6.18 Å². The van der Waals surface area contributed by atoms with E-state index in [-0.39, 0.29) is 24.0 Å². The fourth-order valence-corrected chi connectivity index (χ4v) is 2.13. The molecule has 0 bridgehead atoms. The molecule has 144 valence electrons. The van der Waals surface area contributed by atoms with Crippen LogP contribution in [-0.2, 0) is 12.7 Å². The van der Waals surface area contributed by atoms with Crippen LogP contribution in [0.2, 0.25) is 0 Å². The lowest BCUT2D eigenvalue weighted by Crippen LogP contribution is -2.42. The van der Waals surface area contributed by atoms with E-state index in [1.54, 1.807) is 7.05 Å². The van der Waals surface area contributed by atoms with Crippen LogP contribution in [0.3, 0.4) is 0 Å². The predicted molar refractivity (Wildman–Crippen MR) is 107 cm³/mol. The van der Waals surface area contributed by atoms with Gasteiger partial charge in [-0.2, -0.15) is 13.2 Å². The van der Waals surface area contributed by atoms with Crippen LogP contribution in [0.1, 0.15) is 25.0 Å². The SMILES string of the molecule is CN=C(NCCN(C)C(C)C)N(C)Cc1ccc(C(F)(F)F)cc1.I. The molecule has 1 aromatic rings. The Bertz CT molecular complexity index is 530. The number of hydrogen-bond donors (Lipinski definition) is 1. The molecular formula is C17H28F3IN4. The van der Waals surface area contributed by atoms with E-state index in [0.717, 1.165) is 30.8 Å². The van der Waals surface area contributed by atoms with Crippen LogP contribution < -0.4 is 5.32 Å². The maximum Gasteiger partial charge on any atom is 0.416 e. The number of rotatable bonds is 6. The summed E-state index contributed by atoms with van der Waals surface area (Å²) < 4.78 is 37.7. The quantitative estimate of drug-likeness (QED) is 0.390. The topological polar surface area (TPSA) is 30.9 Å². The Morgan fingerprint density at radius 3 is 2.16 bits per heavy atom. The van der Waals surface area contributed by atoms with Gasteiger partial charge in [-0.05, 0) is 38.6 Å². The second-order valence-corrected chi connectivity index (χ2v) is 6.10. The summed E-state index contributed by atoms with van der Waals surface area (Å²) in [7, 11) is 5.61. The minimum atomic E-state index is -4.30. The summed E-state index contributed by atoms with van der Waals surface area (Å²) in [4.78, 5) is 8.32. The summed E-state index contributed by atoms with van der Waals surface area (Å²) in [6, 6.07) is 5.69. The van der Waals surface area contributed by atoms with Gasteiger partial charge in [-0.1, -0.05) is 12.1 Å². The molecule has 1 N–H and O–H groups in total. The zero-order valence-corrected chi connectivity index (χ0v) is 17.7. The Labute approximate surface area is 165 Å². The van der Waals surface area contributed by atoms with E-state index in [9.17, 15) is 13.2 Å². The molecule has 0 saturated carbocycles. The monoisotopic (exact) mass is 472 g/mol. The average molecular weight is 472 g/mol. The molecule has 0 fully saturated rings. The van der Waals surface area contributed by atoms with Gasteiger partial charge in [-0.25, -0.2) is 0 Å². The minimum Gasteiger partial charge on any atom is -0.355 e. The summed E-state index contributed by atoms with van der Waals surface area (Å²) in [5.74, 6) is 0.715. The van der Waals surface area contributed by atoms with Crippen LogP contribution in [0.25, 0.3) is 0 Å². The van der Waals surface area contributed by atoms with Crippen LogP contribution in [0.5, 0.6) is 0 Å². The normalized spacial score (nSPS) is 12.3. The molecule has 1 aromatic carbocycles. The molecule has 0 saturated heterocycles. The molecule has 0 amide bonds. The fourth-order valence-electron chi connectivity index (χ4n) is 2.13. The van der Waals surface area contributed by atoms with Crippen molar-refractivity contribution in [3.05, 3.63) is 35.4 Å². The first-order valence-corrected chi connectivity index (χ1v) is 7.93. The molecule has 25 heavy (non-hydrogen) atoms. The molecule has 0 radical (unpaired) electrons. The fraction of sp³-hybridized carbons (Fsp3) is 0.588. The number of halogens is 4. The molecule has 4 nitrogen and oxygen atoms in total. The molecule has 0 aliphatic carbocycles. The molecule has 1 rings (SSSR count). The second-order valence-electron chi connectivity index (χ2n) is 6.10. The summed E-state index contributed by atoms with van der Waals surface area (Å²) in [6.07, 6.45) is -4.30. The van der Waals surface area contributed by atoms with Gasteiger partial charge in [0.25, 0.3) is 0 Å². The lowest BCUT2D eigenvalue weighted by atomic mass is 10.1. The number of nitrogens with one attached hydrogen (secondary N) is 1. The van der Waals surface area contributed by atoms with Gasteiger partial charge in [0.2, 0.25) is 0 Å². The summed E-state index contributed by atoms with van der Waals surface area (Å²) >= 11 is 0. The zero-order valence-electron chi connectivity index (χ0n) is 15.4. The first-order chi connectivity index (χ1) is 11.1. The van der Waals surface area contributed by atoms with Gasteiger partial charge in [0.15, 0.2) is 5.96 Å². The van der Waals surface area contributed by atoms with Crippen LogP contribution >= 0.6 is 24.0 Å². The van der Waals surface area contributed by atoms with Crippen molar-refractivity contribution in [3.63, 3.8) is 0 Å². The molecule has 0 heterocycles. The maximum atomic E-state index is 12.6. The number of benzene rings is 1. The standard InChI is InChI=1S/C17H27F3N4.HI/c1-13(2)23(4)11-10-22-16(21-3)24(5)12-14-6-8-15(9-7-14)17(18,19)20;/h6-9,13H,10-12H2,1-5H3,(H,21,22);1H. The van der Waals surface area contributed by atoms with E-state index >= 15 is 0 Å². The Balaban J connectivity index is 0.00000576. The van der Waals surface area contributed by atoms with Crippen molar-refractivity contribution in [2.45, 2.75) is 32.6 Å². The second kappa shape index (κ2) is 10.8. The highest BCUT2D eigenvalue weighted by molar-refractivity contribution is 14.0. The van der Waals surface area contributed by atoms with Crippen molar-refractivity contribution < 1.29 is 13.2 Å². The molecular weight excluding hydrogens is 444 g/mol. The lowest BCUT2D eigenvalue weighted by Gasteiger charge is -2.25. The summed E-state index contributed by atoms with van der Waals surface area (Å²) in [6.45, 7) is 6.37. The maximum absolute atomic E-state index is 12.6. The number of aliphatic imine (C=N–C) groups is 1. The van der Waals surface area contributed by atoms with E-state index in [2.05, 4.69) is 36.1 Å². The van der Waals surface area contributed by atoms with Crippen LogP contribution in [-0.4, -0.2) is 56.0 Å². The number of alkyl halides is 3. The minimum absolute atomic E-state index is 0. The molecule has 8 heteroatoms. The Morgan fingerprint density at radius 1 is 1.16 bits per heavy atom. The van der Waals surface area contributed by atoms with Crippen LogP contribution in [0, 0.1) is 0 Å². The Kier molecular flexibility index (Phi) is 10.4. The van der Waals surface area contributed by atoms with E-state index in [1.165, 1.54) is 12.1 Å². The van der Waals surface area contributed by atoms with Crippen molar-refractivity contribution in [3.8, 4) is 0 Å². The number of guanidine groups is 1. The number of nitrogens with zero attached hydrogens (tertiary/aromatic N) is 3. The summed E-state index contributed by atoms with van der Waals surface area (Å²) in [5.41, 5.74) is 0.167. The van der Waals surface area contributed by atoms with Gasteiger partial charge in [0, 0.05) is 39.8 Å². The van der Waals surface area contributed by atoms with E-state index in [4.69, 9.17) is 0 Å². The third-order valence-electron chi connectivity index (χ3n) is 3.90. The average Bonchev–Trinajstić information content (AvgIpc) is 2.50. The first-order valence-electron chi connectivity index (χ1n) is 7.93. The largest absolute Gasteiger partial charge is 0.416 e. The van der Waals surface area contributed by atoms with Crippen LogP contribution in [0.15, 0.2) is 29.3 Å². The zero-order chi connectivity index (χ0) is 18.3. The Morgan fingerprint density at radius 2 is 1.72 bits per heavy atom. The highest BCUT2D eigenvalue weighted by Crippen LogP contribution is 2.29. The Hall–Kier alpha value is -1.03. The first kappa shape index (κ1) is 24.0. The van der Waals surface area contributed by atoms with Crippen molar-refractivity contribution in [2.24, 2.45) is 4.99 Å². The molecule has 0 aliphatic heterocycles. The highest BCUT2D eigenvalue weighted by atomic mass is 127. The molecule has 0 atom stereocenters. The smallest absolute Gasteiger partial charge is 0.355 e. The van der Waals surface area contributed by atoms with Gasteiger partial charge in [0.05, 0.1) is 5.56 Å². The molecule has 0 aromatic heterocycles. The molecule has 0 unspecified atom stereocenters. The van der Waals surface area contributed by atoms with Crippen molar-refractivity contribution in [2.75, 3.05) is 34.2 Å². The molecule has 0 aliphatic rings. The lowest BCUT2D eigenvalue weighted by molar-refractivity contribution is -0.137. The van der Waals surface area contributed by atoms with E-state index < -0.39 is 11.7 Å². The van der Waals surface area contributed by atoms with Crippen LogP contribution in [0.4, 0.5) is 13.2 Å². The van der Waals surface area contributed by atoms with Crippen molar-refractivity contribution >= 4 is 29.9 Å². The van der Waals surface area contributed by atoms with E-state index in [1.807, 2.05) is 11.9 Å². The third kappa shape index (κ3) is 8.26.